The summed E-state index contributed by atoms with van der Waals surface area (Å²) in [6, 6.07) is 26.7. The van der Waals surface area contributed by atoms with E-state index < -0.39 is 35.8 Å². The van der Waals surface area contributed by atoms with Crippen LogP contribution in [-0.2, 0) is 16.1 Å². The number of piperidine rings is 1. The van der Waals surface area contributed by atoms with Crippen LogP contribution in [0.15, 0.2) is 102 Å². The zero-order valence-electron chi connectivity index (χ0n) is 29.6. The first-order valence-corrected chi connectivity index (χ1v) is 17.7. The lowest BCUT2D eigenvalue weighted by Gasteiger charge is -2.31. The normalized spacial score (nSPS) is 14.3. The highest BCUT2D eigenvalue weighted by Gasteiger charge is 2.32. The highest BCUT2D eigenvalue weighted by Crippen LogP contribution is 2.33. The third-order valence-electron chi connectivity index (χ3n) is 9.19. The van der Waals surface area contributed by atoms with Gasteiger partial charge in [-0.25, -0.2) is 4.79 Å². The molecule has 1 aromatic heterocycles. The summed E-state index contributed by atoms with van der Waals surface area (Å²) < 4.78 is 50.0. The molecule has 2 amide bonds. The Kier molecular flexibility index (Phi) is 12.3. The number of fused-ring (bicyclic) bond motifs is 1. The van der Waals surface area contributed by atoms with Crippen molar-refractivity contribution in [2.24, 2.45) is 0 Å². The van der Waals surface area contributed by atoms with Gasteiger partial charge in [-0.3, -0.25) is 14.9 Å². The molecule has 288 valence electrons. The number of aromatic nitrogens is 1. The van der Waals surface area contributed by atoms with Gasteiger partial charge in [0.1, 0.15) is 11.9 Å². The van der Waals surface area contributed by atoms with Crippen molar-refractivity contribution < 1.29 is 42.4 Å². The standard InChI is InChI=1S/C40H40F3N5O7/c41-40(42,43)55-35-22-25(23-44-24-34(50)29-11-14-33(49)38-30(29)12-15-36(51)47-38)10-13-32(35)45-37(52)18-21-48-19-16-27(17-20-48)54-39(53)46-31-9-5-4-8-28(31)26-6-2-1-3-7-26/h1-15,22,27,34,44,49-50H,16-21,23-24H2,(H,45,52)(H,46,53)(H,47,51)/t34-/m0/s1. The molecule has 0 spiro atoms. The zero-order chi connectivity index (χ0) is 39.0. The maximum absolute atomic E-state index is 13.4. The molecule has 0 bridgehead atoms. The fourth-order valence-corrected chi connectivity index (χ4v) is 6.48. The number of aromatic hydroxyl groups is 1. The van der Waals surface area contributed by atoms with Crippen molar-refractivity contribution in [3.8, 4) is 22.6 Å². The number of halogens is 3. The van der Waals surface area contributed by atoms with Gasteiger partial charge in [0.15, 0.2) is 5.75 Å². The van der Waals surface area contributed by atoms with E-state index in [4.69, 9.17) is 4.74 Å². The Morgan fingerprint density at radius 2 is 1.65 bits per heavy atom. The number of para-hydroxylation sites is 1. The lowest BCUT2D eigenvalue weighted by Crippen LogP contribution is -2.39. The van der Waals surface area contributed by atoms with Gasteiger partial charge in [-0.1, -0.05) is 60.7 Å². The number of pyridine rings is 1. The molecule has 1 aliphatic rings. The summed E-state index contributed by atoms with van der Waals surface area (Å²) in [5.74, 6) is -1.24. The van der Waals surface area contributed by atoms with Crippen molar-refractivity contribution in [2.45, 2.75) is 44.4 Å². The molecule has 55 heavy (non-hydrogen) atoms. The maximum Gasteiger partial charge on any atom is 0.573 e. The molecule has 12 nitrogen and oxygen atoms in total. The topological polar surface area (TPSA) is 165 Å². The van der Waals surface area contributed by atoms with Crippen molar-refractivity contribution in [1.29, 1.82) is 0 Å². The minimum atomic E-state index is -5.02. The molecule has 1 aliphatic heterocycles. The number of nitrogens with one attached hydrogen (secondary N) is 4. The number of hydrogen-bond acceptors (Lipinski definition) is 9. The molecule has 0 aliphatic carbocycles. The number of likely N-dealkylation sites (tertiary alicyclic amines) is 1. The molecule has 5 aromatic rings. The third kappa shape index (κ3) is 10.6. The van der Waals surface area contributed by atoms with Crippen molar-refractivity contribution >= 4 is 34.3 Å². The monoisotopic (exact) mass is 759 g/mol. The van der Waals surface area contributed by atoms with E-state index in [1.54, 1.807) is 0 Å². The predicted octanol–water partition coefficient (Wildman–Crippen LogP) is 6.66. The second-order valence-corrected chi connectivity index (χ2v) is 13.1. The van der Waals surface area contributed by atoms with Gasteiger partial charge in [-0.2, -0.15) is 0 Å². The highest BCUT2D eigenvalue weighted by molar-refractivity contribution is 5.93. The van der Waals surface area contributed by atoms with E-state index in [1.165, 1.54) is 36.4 Å². The Morgan fingerprint density at radius 3 is 2.42 bits per heavy atom. The molecule has 0 saturated carbocycles. The summed E-state index contributed by atoms with van der Waals surface area (Å²) >= 11 is 0. The van der Waals surface area contributed by atoms with E-state index in [-0.39, 0.29) is 42.6 Å². The minimum Gasteiger partial charge on any atom is -0.506 e. The van der Waals surface area contributed by atoms with Gasteiger partial charge in [0.05, 0.1) is 23.0 Å². The molecule has 6 rings (SSSR count). The summed E-state index contributed by atoms with van der Waals surface area (Å²) in [5.41, 5.74) is 2.89. The number of carbonyl (C=O) groups is 2. The molecular formula is C40H40F3N5O7. The molecule has 0 radical (unpaired) electrons. The Morgan fingerprint density at radius 1 is 0.909 bits per heavy atom. The second-order valence-electron chi connectivity index (χ2n) is 13.1. The van der Waals surface area contributed by atoms with E-state index in [1.807, 2.05) is 59.5 Å². The van der Waals surface area contributed by atoms with E-state index in [9.17, 15) is 37.8 Å². The van der Waals surface area contributed by atoms with Crippen LogP contribution in [0, 0.1) is 0 Å². The molecule has 2 heterocycles. The predicted molar refractivity (Wildman–Crippen MR) is 201 cm³/mol. The molecule has 1 saturated heterocycles. The van der Waals surface area contributed by atoms with Crippen LogP contribution < -0.4 is 26.2 Å². The smallest absolute Gasteiger partial charge is 0.506 e. The van der Waals surface area contributed by atoms with Crippen molar-refractivity contribution in [3.63, 3.8) is 0 Å². The van der Waals surface area contributed by atoms with Crippen LogP contribution in [0.25, 0.3) is 22.0 Å². The van der Waals surface area contributed by atoms with Crippen LogP contribution in [0.3, 0.4) is 0 Å². The van der Waals surface area contributed by atoms with E-state index in [0.717, 1.165) is 17.2 Å². The van der Waals surface area contributed by atoms with Gasteiger partial charge in [0.2, 0.25) is 11.5 Å². The first kappa shape index (κ1) is 38.8. The number of phenolic OH excluding ortho intramolecular Hbond substituents is 1. The fourth-order valence-electron chi connectivity index (χ4n) is 6.48. The summed E-state index contributed by atoms with van der Waals surface area (Å²) in [6.07, 6.45) is -5.85. The van der Waals surface area contributed by atoms with Gasteiger partial charge >= 0.3 is 12.5 Å². The summed E-state index contributed by atoms with van der Waals surface area (Å²) in [7, 11) is 0. The molecule has 4 aromatic carbocycles. The Hall–Kier alpha value is -5.90. The van der Waals surface area contributed by atoms with E-state index in [0.29, 0.717) is 54.7 Å². The van der Waals surface area contributed by atoms with Crippen molar-refractivity contribution in [2.75, 3.05) is 36.8 Å². The Labute approximate surface area is 313 Å². The Bertz CT molecular complexity index is 2170. The van der Waals surface area contributed by atoms with Gasteiger partial charge in [-0.05, 0) is 59.9 Å². The fraction of sp³-hybridized carbons (Fsp3) is 0.275. The lowest BCUT2D eigenvalue weighted by atomic mass is 10.0. The van der Waals surface area contributed by atoms with Crippen LogP contribution in [0.1, 0.15) is 36.5 Å². The van der Waals surface area contributed by atoms with Crippen molar-refractivity contribution in [1.82, 2.24) is 15.2 Å². The average molecular weight is 760 g/mol. The van der Waals surface area contributed by atoms with Gasteiger partial charge in [0, 0.05) is 56.2 Å². The lowest BCUT2D eigenvalue weighted by molar-refractivity contribution is -0.274. The number of phenols is 1. The SMILES string of the molecule is O=C(CCN1CCC(OC(=O)Nc2ccccc2-c2ccccc2)CC1)Nc1ccc(CNC[C@H](O)c2ccc(O)c3[nH]c(=O)ccc23)cc1OC(F)(F)F. The summed E-state index contributed by atoms with van der Waals surface area (Å²) in [4.78, 5) is 41.9. The van der Waals surface area contributed by atoms with Gasteiger partial charge < -0.3 is 40.2 Å². The number of aliphatic hydroxyl groups excluding tert-OH is 1. The number of hydrogen-bond donors (Lipinski definition) is 6. The highest BCUT2D eigenvalue weighted by atomic mass is 19.4. The van der Waals surface area contributed by atoms with Crippen LogP contribution in [0.2, 0.25) is 0 Å². The van der Waals surface area contributed by atoms with Crippen LogP contribution in [0.5, 0.6) is 11.5 Å². The molecule has 6 N–H and O–H groups in total. The molecule has 0 unspecified atom stereocenters. The number of ether oxygens (including phenoxy) is 2. The number of amides is 2. The van der Waals surface area contributed by atoms with Crippen molar-refractivity contribution in [3.05, 3.63) is 119 Å². The van der Waals surface area contributed by atoms with E-state index in [2.05, 4.69) is 25.7 Å². The summed E-state index contributed by atoms with van der Waals surface area (Å²) in [6.45, 7) is 1.52. The number of alkyl halides is 3. The Balaban J connectivity index is 0.968. The van der Waals surface area contributed by atoms with Crippen LogP contribution in [-0.4, -0.2) is 70.7 Å². The number of carbonyl (C=O) groups excluding carboxylic acids is 2. The van der Waals surface area contributed by atoms with E-state index >= 15 is 0 Å². The number of aliphatic hydroxyl groups is 1. The number of anilines is 2. The largest absolute Gasteiger partial charge is 0.573 e. The zero-order valence-corrected chi connectivity index (χ0v) is 29.6. The summed E-state index contributed by atoms with van der Waals surface area (Å²) in [5, 5.41) is 29.7. The molecule has 15 heteroatoms. The molecular weight excluding hydrogens is 719 g/mol. The first-order valence-electron chi connectivity index (χ1n) is 17.7. The van der Waals surface area contributed by atoms with Crippen LogP contribution in [0.4, 0.5) is 29.3 Å². The number of rotatable bonds is 13. The molecule has 1 fully saturated rings. The van der Waals surface area contributed by atoms with Gasteiger partial charge in [0.25, 0.3) is 0 Å². The molecule has 1 atom stereocenters. The van der Waals surface area contributed by atoms with Crippen LogP contribution >= 0.6 is 0 Å². The number of benzene rings is 4. The quantitative estimate of drug-likeness (QED) is 0.0770. The minimum absolute atomic E-state index is 0.00714. The second kappa shape index (κ2) is 17.5. The number of H-pyrrole nitrogens is 1. The maximum atomic E-state index is 13.4. The number of aromatic amines is 1. The average Bonchev–Trinajstić information content (AvgIpc) is 3.16. The first-order chi connectivity index (χ1) is 26.4. The number of nitrogens with zero attached hydrogens (tertiary/aromatic N) is 1. The third-order valence-corrected chi connectivity index (χ3v) is 9.19. The van der Waals surface area contributed by atoms with Gasteiger partial charge in [-0.15, -0.1) is 13.2 Å².